The molecule has 1 aromatic carbocycles. The van der Waals surface area contributed by atoms with Crippen LogP contribution in [0.4, 0.5) is 0 Å². The zero-order chi connectivity index (χ0) is 19.8. The van der Waals surface area contributed by atoms with Gasteiger partial charge in [0.15, 0.2) is 0 Å². The summed E-state index contributed by atoms with van der Waals surface area (Å²) in [7, 11) is 1.82. The fraction of sp³-hybridized carbons (Fsp3) is 0.500. The highest BCUT2D eigenvalue weighted by Gasteiger charge is 2.29. The van der Waals surface area contributed by atoms with Crippen LogP contribution in [0.5, 0.6) is 0 Å². The Morgan fingerprint density at radius 3 is 2.75 bits per heavy atom. The average Bonchev–Trinajstić information content (AvgIpc) is 3.30. The second-order valence-electron chi connectivity index (χ2n) is 8.35. The summed E-state index contributed by atoms with van der Waals surface area (Å²) >= 11 is 0. The zero-order valence-corrected chi connectivity index (χ0v) is 17.1. The molecule has 148 valence electrons. The van der Waals surface area contributed by atoms with Gasteiger partial charge in [-0.1, -0.05) is 31.1 Å². The van der Waals surface area contributed by atoms with E-state index in [0.717, 1.165) is 34.7 Å². The van der Waals surface area contributed by atoms with E-state index in [-0.39, 0.29) is 11.9 Å². The van der Waals surface area contributed by atoms with Gasteiger partial charge in [-0.3, -0.25) is 4.79 Å². The number of likely N-dealkylation sites (N-methyl/N-ethyl adjacent to an activating group) is 1. The minimum atomic E-state index is -0.332. The molecule has 0 spiro atoms. The van der Waals surface area contributed by atoms with Crippen LogP contribution in [0.1, 0.15) is 62.9 Å². The molecule has 1 aliphatic carbocycles. The van der Waals surface area contributed by atoms with Crippen LogP contribution in [0.3, 0.4) is 0 Å². The number of hydrogen-bond acceptors (Lipinski definition) is 4. The van der Waals surface area contributed by atoms with Gasteiger partial charge in [0, 0.05) is 25.5 Å². The lowest BCUT2D eigenvalue weighted by atomic mass is 10.1. The predicted molar refractivity (Wildman–Crippen MR) is 108 cm³/mol. The third-order valence-electron chi connectivity index (χ3n) is 5.34. The minimum absolute atomic E-state index is 0.0455. The van der Waals surface area contributed by atoms with Crippen LogP contribution in [-0.4, -0.2) is 32.6 Å². The van der Waals surface area contributed by atoms with Crippen LogP contribution in [0.2, 0.25) is 0 Å². The topological polar surface area (TPSA) is 64.2 Å². The maximum atomic E-state index is 13.2. The first kappa shape index (κ1) is 18.7. The Hall–Kier alpha value is -2.63. The predicted octanol–water partition coefficient (Wildman–Crippen LogP) is 4.32. The Bertz CT molecular complexity index is 984. The highest BCUT2D eigenvalue weighted by Crippen LogP contribution is 2.40. The van der Waals surface area contributed by atoms with Crippen LogP contribution in [-0.2, 0) is 17.8 Å². The van der Waals surface area contributed by atoms with Gasteiger partial charge >= 0.3 is 0 Å². The van der Waals surface area contributed by atoms with Gasteiger partial charge in [-0.15, -0.1) is 0 Å². The summed E-state index contributed by atoms with van der Waals surface area (Å²) in [5.41, 5.74) is 2.75. The highest BCUT2D eigenvalue weighted by molar-refractivity contribution is 5.84. The van der Waals surface area contributed by atoms with E-state index < -0.39 is 0 Å². The standard InChI is InChI=1S/C22H28N4O2/c1-14(2)11-21-23-18-7-5-6-8-19(18)26(21)15(3)22(27)25(4)13-17-12-20(28-24-17)16-9-10-16/h5-8,12,14-16H,9-11,13H2,1-4H3. The number of para-hydroxylation sites is 2. The van der Waals surface area contributed by atoms with Crippen LogP contribution in [0.15, 0.2) is 34.9 Å². The van der Waals surface area contributed by atoms with Crippen molar-refractivity contribution >= 4 is 16.9 Å². The van der Waals surface area contributed by atoms with E-state index in [1.807, 2.05) is 44.3 Å². The Labute approximate surface area is 165 Å². The second kappa shape index (κ2) is 7.41. The molecule has 2 aromatic heterocycles. The molecular formula is C22H28N4O2. The number of fused-ring (bicyclic) bond motifs is 1. The average molecular weight is 380 g/mol. The van der Waals surface area contributed by atoms with Gasteiger partial charge in [0.1, 0.15) is 23.3 Å². The number of imidazole rings is 1. The van der Waals surface area contributed by atoms with Gasteiger partial charge in [0.25, 0.3) is 0 Å². The molecule has 1 unspecified atom stereocenters. The summed E-state index contributed by atoms with van der Waals surface area (Å²) in [4.78, 5) is 19.7. The number of rotatable bonds is 7. The van der Waals surface area contributed by atoms with Crippen LogP contribution < -0.4 is 0 Å². The molecule has 0 saturated heterocycles. The van der Waals surface area contributed by atoms with Crippen molar-refractivity contribution in [2.45, 2.75) is 58.5 Å². The lowest BCUT2D eigenvalue weighted by Crippen LogP contribution is -2.33. The quantitative estimate of drug-likeness (QED) is 0.612. The number of nitrogens with zero attached hydrogens (tertiary/aromatic N) is 4. The minimum Gasteiger partial charge on any atom is -0.361 e. The molecule has 1 atom stereocenters. The second-order valence-corrected chi connectivity index (χ2v) is 8.35. The smallest absolute Gasteiger partial charge is 0.245 e. The number of carbonyl (C=O) groups is 1. The van der Waals surface area contributed by atoms with Gasteiger partial charge < -0.3 is 14.0 Å². The van der Waals surface area contributed by atoms with E-state index in [0.29, 0.717) is 18.4 Å². The first-order valence-corrected chi connectivity index (χ1v) is 10.1. The molecule has 3 aromatic rings. The normalized spacial score (nSPS) is 15.3. The van der Waals surface area contributed by atoms with Gasteiger partial charge in [-0.2, -0.15) is 0 Å². The molecule has 2 heterocycles. The zero-order valence-electron chi connectivity index (χ0n) is 17.1. The van der Waals surface area contributed by atoms with E-state index in [2.05, 4.69) is 23.6 Å². The number of benzene rings is 1. The third-order valence-corrected chi connectivity index (χ3v) is 5.34. The van der Waals surface area contributed by atoms with Crippen molar-refractivity contribution < 1.29 is 9.32 Å². The Kier molecular flexibility index (Phi) is 4.96. The Morgan fingerprint density at radius 1 is 1.29 bits per heavy atom. The Balaban J connectivity index is 1.56. The van der Waals surface area contributed by atoms with Crippen molar-refractivity contribution in [2.75, 3.05) is 7.05 Å². The van der Waals surface area contributed by atoms with E-state index in [1.54, 1.807) is 4.90 Å². The molecule has 1 amide bonds. The van der Waals surface area contributed by atoms with Crippen molar-refractivity contribution in [3.05, 3.63) is 47.6 Å². The number of amides is 1. The van der Waals surface area contributed by atoms with Crippen molar-refractivity contribution in [2.24, 2.45) is 5.92 Å². The van der Waals surface area contributed by atoms with Gasteiger partial charge in [-0.25, -0.2) is 4.98 Å². The fourth-order valence-corrected chi connectivity index (χ4v) is 3.75. The van der Waals surface area contributed by atoms with Crippen LogP contribution in [0, 0.1) is 5.92 Å². The summed E-state index contributed by atoms with van der Waals surface area (Å²) in [6.45, 7) is 6.75. The molecule has 0 radical (unpaired) electrons. The molecule has 0 N–H and O–H groups in total. The molecule has 0 aliphatic heterocycles. The molecule has 6 nitrogen and oxygen atoms in total. The molecule has 0 bridgehead atoms. The maximum absolute atomic E-state index is 13.2. The third kappa shape index (κ3) is 3.68. The number of carbonyl (C=O) groups excluding carboxylic acids is 1. The largest absolute Gasteiger partial charge is 0.361 e. The summed E-state index contributed by atoms with van der Waals surface area (Å²) in [6.07, 6.45) is 3.18. The van der Waals surface area contributed by atoms with Crippen molar-refractivity contribution in [1.82, 2.24) is 19.6 Å². The molecule has 6 heteroatoms. The summed E-state index contributed by atoms with van der Waals surface area (Å²) < 4.78 is 7.51. The summed E-state index contributed by atoms with van der Waals surface area (Å²) in [5, 5.41) is 4.14. The van der Waals surface area contributed by atoms with Gasteiger partial charge in [0.05, 0.1) is 17.6 Å². The highest BCUT2D eigenvalue weighted by atomic mass is 16.5. The number of hydrogen-bond donors (Lipinski definition) is 0. The van der Waals surface area contributed by atoms with E-state index in [4.69, 9.17) is 9.51 Å². The van der Waals surface area contributed by atoms with Crippen LogP contribution >= 0.6 is 0 Å². The van der Waals surface area contributed by atoms with Crippen molar-refractivity contribution in [3.63, 3.8) is 0 Å². The van der Waals surface area contributed by atoms with Crippen molar-refractivity contribution in [3.8, 4) is 0 Å². The Morgan fingerprint density at radius 2 is 2.04 bits per heavy atom. The first-order chi connectivity index (χ1) is 13.4. The first-order valence-electron chi connectivity index (χ1n) is 10.1. The lowest BCUT2D eigenvalue weighted by molar-refractivity contribution is -0.133. The molecule has 1 aliphatic rings. The van der Waals surface area contributed by atoms with Crippen LogP contribution in [0.25, 0.3) is 11.0 Å². The molecule has 1 fully saturated rings. The maximum Gasteiger partial charge on any atom is 0.245 e. The van der Waals surface area contributed by atoms with Gasteiger partial charge in [0.2, 0.25) is 5.91 Å². The van der Waals surface area contributed by atoms with E-state index in [9.17, 15) is 4.79 Å². The van der Waals surface area contributed by atoms with E-state index in [1.165, 1.54) is 12.8 Å². The monoisotopic (exact) mass is 380 g/mol. The number of aromatic nitrogens is 3. The van der Waals surface area contributed by atoms with Gasteiger partial charge in [-0.05, 0) is 37.8 Å². The summed E-state index contributed by atoms with van der Waals surface area (Å²) in [5.74, 6) is 2.94. The molecule has 1 saturated carbocycles. The molecule has 4 rings (SSSR count). The summed E-state index contributed by atoms with van der Waals surface area (Å²) in [6, 6.07) is 9.68. The molecule has 28 heavy (non-hydrogen) atoms. The SMILES string of the molecule is CC(C)Cc1nc2ccccc2n1C(C)C(=O)N(C)Cc1cc(C2CC2)on1. The fourth-order valence-electron chi connectivity index (χ4n) is 3.75. The van der Waals surface area contributed by atoms with Crippen molar-refractivity contribution in [1.29, 1.82) is 0 Å². The van der Waals surface area contributed by atoms with E-state index >= 15 is 0 Å². The molecular weight excluding hydrogens is 352 g/mol. The lowest BCUT2D eigenvalue weighted by Gasteiger charge is -2.23.